The fourth-order valence-electron chi connectivity index (χ4n) is 2.51. The Balaban J connectivity index is 2.09. The van der Waals surface area contributed by atoms with E-state index in [1.54, 1.807) is 48.2 Å². The van der Waals surface area contributed by atoms with Crippen LogP contribution in [-0.4, -0.2) is 58.2 Å². The second kappa shape index (κ2) is 9.15. The number of nitrogens with zero attached hydrogens (tertiary/aromatic N) is 2. The third-order valence-electron chi connectivity index (χ3n) is 3.93. The molecular formula is C19H24N2O3Si. The van der Waals surface area contributed by atoms with Crippen molar-refractivity contribution in [1.82, 2.24) is 9.80 Å². The highest BCUT2D eigenvalue weighted by Crippen LogP contribution is 2.10. The molecule has 1 atom stereocenters. The number of carbonyl (C=O) groups excluding carboxylic acids is 2. The van der Waals surface area contributed by atoms with E-state index >= 15 is 0 Å². The maximum Gasteiger partial charge on any atom is 0.255 e. The highest BCUT2D eigenvalue weighted by Gasteiger charge is 2.24. The lowest BCUT2D eigenvalue weighted by molar-refractivity contribution is 0.0191. The molecule has 5 nitrogen and oxygen atoms in total. The molecule has 2 amide bonds. The molecule has 0 fully saturated rings. The van der Waals surface area contributed by atoms with Crippen molar-refractivity contribution in [3.8, 4) is 0 Å². The van der Waals surface area contributed by atoms with Crippen LogP contribution in [0.15, 0.2) is 60.7 Å². The zero-order valence-corrected chi connectivity index (χ0v) is 16.3. The van der Waals surface area contributed by atoms with Gasteiger partial charge in [0, 0.05) is 25.2 Å². The minimum Gasteiger partial charge on any atom is -0.403 e. The Bertz CT molecular complexity index is 694. The van der Waals surface area contributed by atoms with Crippen LogP contribution >= 0.6 is 0 Å². The molecule has 0 spiro atoms. The van der Waals surface area contributed by atoms with Gasteiger partial charge in [0.1, 0.15) is 6.23 Å². The monoisotopic (exact) mass is 356 g/mol. The number of rotatable bonds is 7. The van der Waals surface area contributed by atoms with E-state index in [1.165, 1.54) is 0 Å². The summed E-state index contributed by atoms with van der Waals surface area (Å²) >= 11 is 0. The molecule has 0 aromatic heterocycles. The zero-order valence-electron chi connectivity index (χ0n) is 14.9. The van der Waals surface area contributed by atoms with Crippen LogP contribution in [0.25, 0.3) is 0 Å². The van der Waals surface area contributed by atoms with E-state index in [2.05, 4.69) is 0 Å². The highest BCUT2D eigenvalue weighted by molar-refractivity contribution is 6.24. The van der Waals surface area contributed by atoms with Gasteiger partial charge in [-0.1, -0.05) is 42.9 Å². The Morgan fingerprint density at radius 1 is 0.920 bits per heavy atom. The van der Waals surface area contributed by atoms with Crippen molar-refractivity contribution in [2.24, 2.45) is 0 Å². The second-order valence-electron chi connectivity index (χ2n) is 5.74. The standard InChI is InChI=1S/C19H24N2O3Si/c1-20(18(22)15-10-6-4-7-11-15)14-17(24-25-3)21(2)19(23)16-12-8-5-9-13-16/h4-13,17H,14,25H2,1-3H3. The zero-order chi connectivity index (χ0) is 18.2. The van der Waals surface area contributed by atoms with E-state index in [0.717, 1.165) is 0 Å². The second-order valence-corrected chi connectivity index (χ2v) is 6.65. The van der Waals surface area contributed by atoms with Crippen molar-refractivity contribution in [1.29, 1.82) is 0 Å². The molecule has 2 rings (SSSR count). The van der Waals surface area contributed by atoms with Crippen molar-refractivity contribution in [3.63, 3.8) is 0 Å². The lowest BCUT2D eigenvalue weighted by Gasteiger charge is -2.32. The molecule has 0 saturated carbocycles. The summed E-state index contributed by atoms with van der Waals surface area (Å²) in [6.07, 6.45) is -0.456. The van der Waals surface area contributed by atoms with Crippen LogP contribution in [0.5, 0.6) is 0 Å². The molecule has 6 heteroatoms. The number of likely N-dealkylation sites (N-methyl/N-ethyl adjacent to an activating group) is 2. The molecule has 25 heavy (non-hydrogen) atoms. The van der Waals surface area contributed by atoms with Crippen LogP contribution in [0.2, 0.25) is 6.55 Å². The van der Waals surface area contributed by atoms with E-state index in [0.29, 0.717) is 17.7 Å². The normalized spacial score (nSPS) is 12.1. The summed E-state index contributed by atoms with van der Waals surface area (Å²) in [4.78, 5) is 28.3. The quantitative estimate of drug-likeness (QED) is 0.563. The van der Waals surface area contributed by atoms with Gasteiger partial charge in [-0.2, -0.15) is 0 Å². The SMILES string of the molecule is C[SiH2]OC(CN(C)C(=O)c1ccccc1)N(C)C(=O)c1ccccc1. The van der Waals surface area contributed by atoms with Gasteiger partial charge in [0.05, 0.1) is 6.54 Å². The summed E-state index contributed by atoms with van der Waals surface area (Å²) in [5.41, 5.74) is 1.22. The molecule has 0 saturated heterocycles. The van der Waals surface area contributed by atoms with Gasteiger partial charge >= 0.3 is 0 Å². The molecule has 0 aliphatic heterocycles. The third kappa shape index (κ3) is 5.01. The fourth-order valence-corrected chi connectivity index (χ4v) is 3.23. The van der Waals surface area contributed by atoms with Crippen molar-refractivity contribution in [2.45, 2.75) is 12.8 Å². The van der Waals surface area contributed by atoms with E-state index in [9.17, 15) is 9.59 Å². The first-order chi connectivity index (χ1) is 12.0. The van der Waals surface area contributed by atoms with Gasteiger partial charge in [-0.3, -0.25) is 9.59 Å². The van der Waals surface area contributed by atoms with Crippen molar-refractivity contribution in [2.75, 3.05) is 20.6 Å². The Kier molecular flexibility index (Phi) is 6.91. The van der Waals surface area contributed by atoms with E-state index in [1.807, 2.05) is 42.9 Å². The number of carbonyl (C=O) groups is 2. The Labute approximate surface area is 151 Å². The minimum absolute atomic E-state index is 0.0903. The Morgan fingerprint density at radius 3 is 1.88 bits per heavy atom. The smallest absolute Gasteiger partial charge is 0.255 e. The van der Waals surface area contributed by atoms with Crippen LogP contribution in [0.1, 0.15) is 20.7 Å². The van der Waals surface area contributed by atoms with Crippen LogP contribution in [0.4, 0.5) is 0 Å². The maximum absolute atomic E-state index is 12.6. The summed E-state index contributed by atoms with van der Waals surface area (Å²) in [5, 5.41) is 0. The number of benzene rings is 2. The van der Waals surface area contributed by atoms with E-state index in [-0.39, 0.29) is 11.8 Å². The largest absolute Gasteiger partial charge is 0.403 e. The average Bonchev–Trinajstić information content (AvgIpc) is 2.67. The molecule has 0 aliphatic rings. The summed E-state index contributed by atoms with van der Waals surface area (Å²) in [6, 6.07) is 18.2. The summed E-state index contributed by atoms with van der Waals surface area (Å²) < 4.78 is 5.85. The molecule has 132 valence electrons. The maximum atomic E-state index is 12.6. The van der Waals surface area contributed by atoms with Gasteiger partial charge in [-0.25, -0.2) is 0 Å². The van der Waals surface area contributed by atoms with Crippen molar-refractivity contribution < 1.29 is 14.0 Å². The minimum atomic E-state index is -0.750. The van der Waals surface area contributed by atoms with Crippen LogP contribution in [0.3, 0.4) is 0 Å². The molecule has 0 heterocycles. The number of hydrogen-bond donors (Lipinski definition) is 0. The highest BCUT2D eigenvalue weighted by atomic mass is 28.2. The molecule has 0 aliphatic carbocycles. The summed E-state index contributed by atoms with van der Waals surface area (Å²) in [6.45, 7) is 2.33. The molecule has 0 bridgehead atoms. The van der Waals surface area contributed by atoms with Crippen LogP contribution in [-0.2, 0) is 4.43 Å². The van der Waals surface area contributed by atoms with Crippen LogP contribution < -0.4 is 0 Å². The Morgan fingerprint density at radius 2 is 1.40 bits per heavy atom. The van der Waals surface area contributed by atoms with Crippen molar-refractivity contribution >= 4 is 21.6 Å². The number of hydrogen-bond acceptors (Lipinski definition) is 3. The number of amides is 2. The van der Waals surface area contributed by atoms with Crippen LogP contribution in [0, 0.1) is 0 Å². The molecular weight excluding hydrogens is 332 g/mol. The van der Waals surface area contributed by atoms with E-state index < -0.39 is 16.0 Å². The van der Waals surface area contributed by atoms with Crippen molar-refractivity contribution in [3.05, 3.63) is 71.8 Å². The van der Waals surface area contributed by atoms with Gasteiger partial charge in [0.25, 0.3) is 11.8 Å². The third-order valence-corrected chi connectivity index (χ3v) is 4.65. The summed E-state index contributed by atoms with van der Waals surface area (Å²) in [7, 11) is 2.69. The predicted molar refractivity (Wildman–Crippen MR) is 101 cm³/mol. The molecule has 1 unspecified atom stereocenters. The van der Waals surface area contributed by atoms with Gasteiger partial charge < -0.3 is 14.2 Å². The molecule has 2 aromatic rings. The first kappa shape index (κ1) is 18.9. The topological polar surface area (TPSA) is 49.9 Å². The van der Waals surface area contributed by atoms with Gasteiger partial charge in [-0.15, -0.1) is 0 Å². The first-order valence-corrected chi connectivity index (χ1v) is 10.3. The fraction of sp³-hybridized carbons (Fsp3) is 0.263. The summed E-state index contributed by atoms with van der Waals surface area (Å²) in [5.74, 6) is -0.207. The lowest BCUT2D eigenvalue weighted by Crippen LogP contribution is -2.47. The van der Waals surface area contributed by atoms with Gasteiger partial charge in [0.2, 0.25) is 0 Å². The van der Waals surface area contributed by atoms with Gasteiger partial charge in [0.15, 0.2) is 9.76 Å². The average molecular weight is 356 g/mol. The first-order valence-electron chi connectivity index (χ1n) is 8.29. The molecule has 0 radical (unpaired) electrons. The molecule has 2 aromatic carbocycles. The van der Waals surface area contributed by atoms with Gasteiger partial charge in [-0.05, 0) is 24.3 Å². The van der Waals surface area contributed by atoms with E-state index in [4.69, 9.17) is 4.43 Å². The lowest BCUT2D eigenvalue weighted by atomic mass is 10.2. The molecule has 0 N–H and O–H groups in total. The predicted octanol–water partition coefficient (Wildman–Crippen LogP) is 2.01. The Hall–Kier alpha value is -2.44.